The monoisotopic (exact) mass is 384 g/mol. The molecule has 2 saturated heterocycles. The molecule has 150 valence electrons. The molecular weight excluding hydrogens is 356 g/mol. The van der Waals surface area contributed by atoms with E-state index in [2.05, 4.69) is 32.0 Å². The number of benzene rings is 1. The topological polar surface area (TPSA) is 54.2 Å². The molecule has 4 heterocycles. The Kier molecular flexibility index (Phi) is 5.20. The maximum atomic E-state index is 5.51. The second-order valence-corrected chi connectivity index (χ2v) is 8.02. The van der Waals surface area contributed by atoms with Crippen LogP contribution < -0.4 is 9.47 Å². The first-order valence-corrected chi connectivity index (χ1v) is 10.3. The molecule has 28 heavy (non-hydrogen) atoms. The molecule has 1 unspecified atom stereocenters. The van der Waals surface area contributed by atoms with Gasteiger partial charge in [-0.15, -0.1) is 0 Å². The smallest absolute Gasteiger partial charge is 0.231 e. The van der Waals surface area contributed by atoms with Crippen molar-refractivity contribution in [2.24, 2.45) is 0 Å². The van der Waals surface area contributed by atoms with Crippen LogP contribution in [0, 0.1) is 0 Å². The Labute approximate surface area is 165 Å². The lowest BCUT2D eigenvalue weighted by atomic mass is 10.0. The van der Waals surface area contributed by atoms with Gasteiger partial charge in [-0.2, -0.15) is 0 Å². The van der Waals surface area contributed by atoms with Crippen LogP contribution in [0.1, 0.15) is 24.1 Å². The summed E-state index contributed by atoms with van der Waals surface area (Å²) in [6, 6.07) is 8.94. The molecule has 7 nitrogen and oxygen atoms in total. The Morgan fingerprint density at radius 3 is 2.68 bits per heavy atom. The number of hydrogen-bond donors (Lipinski definition) is 0. The highest BCUT2D eigenvalue weighted by molar-refractivity contribution is 5.44. The van der Waals surface area contributed by atoms with Gasteiger partial charge in [0, 0.05) is 57.9 Å². The first kappa shape index (κ1) is 18.0. The number of piperidine rings is 1. The Hall–Kier alpha value is -2.09. The van der Waals surface area contributed by atoms with Gasteiger partial charge in [-0.05, 0) is 37.1 Å². The van der Waals surface area contributed by atoms with E-state index in [-0.39, 0.29) is 0 Å². The number of ether oxygens (including phenoxy) is 2. The predicted molar refractivity (Wildman–Crippen MR) is 104 cm³/mol. The molecule has 0 spiro atoms. The summed E-state index contributed by atoms with van der Waals surface area (Å²) in [7, 11) is 0. The van der Waals surface area contributed by atoms with Gasteiger partial charge in [0.05, 0.1) is 5.69 Å². The molecule has 0 radical (unpaired) electrons. The average Bonchev–Trinajstić information content (AvgIpc) is 3.40. The van der Waals surface area contributed by atoms with Gasteiger partial charge in [-0.3, -0.25) is 14.7 Å². The number of nitrogens with zero attached hydrogens (tertiary/aromatic N) is 4. The third-order valence-electron chi connectivity index (χ3n) is 6.12. The van der Waals surface area contributed by atoms with Crippen LogP contribution in [0.2, 0.25) is 0 Å². The molecule has 2 aromatic rings. The Morgan fingerprint density at radius 2 is 1.82 bits per heavy atom. The van der Waals surface area contributed by atoms with Gasteiger partial charge in [0.15, 0.2) is 11.5 Å². The molecule has 0 aliphatic carbocycles. The minimum absolute atomic E-state index is 0.340. The number of piperazine rings is 1. The number of rotatable bonds is 5. The largest absolute Gasteiger partial charge is 0.454 e. The molecule has 0 bridgehead atoms. The van der Waals surface area contributed by atoms with Crippen molar-refractivity contribution in [2.45, 2.75) is 32.0 Å². The van der Waals surface area contributed by atoms with E-state index in [1.807, 2.05) is 12.1 Å². The van der Waals surface area contributed by atoms with Crippen LogP contribution in [0.3, 0.4) is 0 Å². The summed E-state index contributed by atoms with van der Waals surface area (Å²) in [5.41, 5.74) is 2.34. The van der Waals surface area contributed by atoms with Crippen LogP contribution in [-0.4, -0.2) is 72.0 Å². The van der Waals surface area contributed by atoms with Gasteiger partial charge in [-0.1, -0.05) is 11.2 Å². The normalized spacial score (nSPS) is 23.9. The molecule has 7 heteroatoms. The molecule has 0 amide bonds. The van der Waals surface area contributed by atoms with Crippen molar-refractivity contribution in [2.75, 3.05) is 46.1 Å². The van der Waals surface area contributed by atoms with Gasteiger partial charge in [0.1, 0.15) is 6.26 Å². The van der Waals surface area contributed by atoms with E-state index in [1.54, 1.807) is 6.26 Å². The summed E-state index contributed by atoms with van der Waals surface area (Å²) in [6.45, 7) is 9.04. The number of fused-ring (bicyclic) bond motifs is 1. The summed E-state index contributed by atoms with van der Waals surface area (Å²) >= 11 is 0. The molecule has 1 aromatic carbocycles. The van der Waals surface area contributed by atoms with Crippen molar-refractivity contribution >= 4 is 0 Å². The van der Waals surface area contributed by atoms with Crippen LogP contribution in [0.4, 0.5) is 0 Å². The van der Waals surface area contributed by atoms with Gasteiger partial charge in [-0.25, -0.2) is 0 Å². The van der Waals surface area contributed by atoms with Gasteiger partial charge in [0.25, 0.3) is 0 Å². The maximum Gasteiger partial charge on any atom is 0.231 e. The van der Waals surface area contributed by atoms with Crippen LogP contribution in [-0.2, 0) is 13.1 Å². The lowest BCUT2D eigenvalue weighted by Crippen LogP contribution is -2.54. The highest BCUT2D eigenvalue weighted by Gasteiger charge is 2.28. The number of aromatic nitrogens is 1. The van der Waals surface area contributed by atoms with Crippen molar-refractivity contribution in [1.29, 1.82) is 0 Å². The number of hydrogen-bond acceptors (Lipinski definition) is 7. The third-order valence-corrected chi connectivity index (χ3v) is 6.12. The van der Waals surface area contributed by atoms with Crippen molar-refractivity contribution in [3.63, 3.8) is 0 Å². The van der Waals surface area contributed by atoms with Crippen molar-refractivity contribution in [3.8, 4) is 11.5 Å². The highest BCUT2D eigenvalue weighted by atomic mass is 16.7. The zero-order chi connectivity index (χ0) is 18.8. The SMILES string of the molecule is c1cc(CN2CCCC(N3CCN(Cc4ccc5c(c4)OCO5)CC3)C2)no1. The van der Waals surface area contributed by atoms with Crippen molar-refractivity contribution in [1.82, 2.24) is 19.9 Å². The van der Waals surface area contributed by atoms with E-state index >= 15 is 0 Å². The fourth-order valence-corrected chi connectivity index (χ4v) is 4.61. The Balaban J connectivity index is 1.11. The minimum atomic E-state index is 0.340. The van der Waals surface area contributed by atoms with Crippen molar-refractivity contribution in [3.05, 3.63) is 41.8 Å². The fraction of sp³-hybridized carbons (Fsp3) is 0.571. The van der Waals surface area contributed by atoms with Crippen LogP contribution >= 0.6 is 0 Å². The van der Waals surface area contributed by atoms with E-state index in [0.29, 0.717) is 12.8 Å². The van der Waals surface area contributed by atoms with Crippen LogP contribution in [0.25, 0.3) is 0 Å². The first-order valence-electron chi connectivity index (χ1n) is 10.3. The summed E-state index contributed by atoms with van der Waals surface area (Å²) < 4.78 is 15.9. The second-order valence-electron chi connectivity index (χ2n) is 8.02. The fourth-order valence-electron chi connectivity index (χ4n) is 4.61. The number of likely N-dealkylation sites (tertiary alicyclic amines) is 1. The summed E-state index contributed by atoms with van der Waals surface area (Å²) in [5.74, 6) is 1.74. The minimum Gasteiger partial charge on any atom is -0.454 e. The molecular formula is C21H28N4O3. The maximum absolute atomic E-state index is 5.51. The standard InChI is InChI=1S/C21H28N4O3/c1-2-19(15-24(6-1)14-18-5-11-28-22-18)25-9-7-23(8-10-25)13-17-3-4-20-21(12-17)27-16-26-20/h3-5,11-12,19H,1-2,6-10,13-16H2. The van der Waals surface area contributed by atoms with E-state index in [1.165, 1.54) is 18.4 Å². The second kappa shape index (κ2) is 8.11. The zero-order valence-corrected chi connectivity index (χ0v) is 16.3. The highest BCUT2D eigenvalue weighted by Crippen LogP contribution is 2.33. The predicted octanol–water partition coefficient (Wildman–Crippen LogP) is 2.19. The third kappa shape index (κ3) is 4.01. The summed E-state index contributed by atoms with van der Waals surface area (Å²) in [5, 5.41) is 4.07. The van der Waals surface area contributed by atoms with E-state index in [4.69, 9.17) is 14.0 Å². The summed E-state index contributed by atoms with van der Waals surface area (Å²) in [6.07, 6.45) is 4.23. The molecule has 5 rings (SSSR count). The molecule has 0 N–H and O–H groups in total. The first-order chi connectivity index (χ1) is 13.8. The molecule has 3 aliphatic heterocycles. The average molecular weight is 384 g/mol. The van der Waals surface area contributed by atoms with Gasteiger partial charge in [0.2, 0.25) is 6.79 Å². The Morgan fingerprint density at radius 1 is 0.929 bits per heavy atom. The lowest BCUT2D eigenvalue weighted by Gasteiger charge is -2.43. The van der Waals surface area contributed by atoms with E-state index in [9.17, 15) is 0 Å². The molecule has 3 aliphatic rings. The molecule has 0 saturated carbocycles. The van der Waals surface area contributed by atoms with E-state index < -0.39 is 0 Å². The van der Waals surface area contributed by atoms with Gasteiger partial charge >= 0.3 is 0 Å². The van der Waals surface area contributed by atoms with Crippen LogP contribution in [0.5, 0.6) is 11.5 Å². The van der Waals surface area contributed by atoms with E-state index in [0.717, 1.165) is 69.6 Å². The molecule has 1 atom stereocenters. The zero-order valence-electron chi connectivity index (χ0n) is 16.3. The quantitative estimate of drug-likeness (QED) is 0.783. The van der Waals surface area contributed by atoms with Crippen LogP contribution in [0.15, 0.2) is 35.1 Å². The lowest BCUT2D eigenvalue weighted by molar-refractivity contribution is 0.0471. The van der Waals surface area contributed by atoms with Gasteiger partial charge < -0.3 is 14.0 Å². The van der Waals surface area contributed by atoms with Crippen molar-refractivity contribution < 1.29 is 14.0 Å². The molecule has 1 aromatic heterocycles. The molecule has 2 fully saturated rings. The Bertz CT molecular complexity index is 774. The summed E-state index contributed by atoms with van der Waals surface area (Å²) in [4.78, 5) is 7.75.